The number of hydrogen-bond acceptors (Lipinski definition) is 3. The Labute approximate surface area is 165 Å². The first-order valence-corrected chi connectivity index (χ1v) is 9.93. The van der Waals surface area contributed by atoms with Gasteiger partial charge in [0.1, 0.15) is 5.25 Å². The molecule has 3 N–H and O–H groups in total. The van der Waals surface area contributed by atoms with Crippen LogP contribution in [0.1, 0.15) is 28.9 Å². The van der Waals surface area contributed by atoms with Gasteiger partial charge in [-0.05, 0) is 48.2 Å². The van der Waals surface area contributed by atoms with E-state index in [2.05, 4.69) is 18.3 Å². The SMILES string of the molecule is CCc1cccc(C)c1NC(=O)C(Sc1cccc(N)c1)c1ccccc1. The molecule has 1 amide bonds. The van der Waals surface area contributed by atoms with Crippen molar-refractivity contribution >= 4 is 29.0 Å². The maximum Gasteiger partial charge on any atom is 0.242 e. The summed E-state index contributed by atoms with van der Waals surface area (Å²) in [6, 6.07) is 23.6. The summed E-state index contributed by atoms with van der Waals surface area (Å²) in [4.78, 5) is 14.2. The second kappa shape index (κ2) is 8.78. The molecule has 3 aromatic carbocycles. The molecular formula is C23H24N2OS. The molecule has 138 valence electrons. The van der Waals surface area contributed by atoms with Crippen molar-refractivity contribution in [1.29, 1.82) is 0 Å². The summed E-state index contributed by atoms with van der Waals surface area (Å²) < 4.78 is 0. The highest BCUT2D eigenvalue weighted by Gasteiger charge is 2.23. The van der Waals surface area contributed by atoms with Gasteiger partial charge in [0.25, 0.3) is 0 Å². The van der Waals surface area contributed by atoms with Gasteiger partial charge in [0.15, 0.2) is 0 Å². The lowest BCUT2D eigenvalue weighted by Gasteiger charge is -2.19. The lowest BCUT2D eigenvalue weighted by Crippen LogP contribution is -2.20. The molecule has 0 aliphatic rings. The Morgan fingerprint density at radius 3 is 2.48 bits per heavy atom. The molecule has 0 saturated carbocycles. The molecule has 1 unspecified atom stereocenters. The average Bonchev–Trinajstić information content (AvgIpc) is 2.68. The first kappa shape index (κ1) is 19.1. The van der Waals surface area contributed by atoms with Gasteiger partial charge in [-0.15, -0.1) is 11.8 Å². The maximum absolute atomic E-state index is 13.3. The number of carbonyl (C=O) groups excluding carboxylic acids is 1. The second-order valence-corrected chi connectivity index (χ2v) is 7.61. The van der Waals surface area contributed by atoms with Gasteiger partial charge in [0.2, 0.25) is 5.91 Å². The number of carbonyl (C=O) groups is 1. The van der Waals surface area contributed by atoms with Gasteiger partial charge < -0.3 is 11.1 Å². The quantitative estimate of drug-likeness (QED) is 0.434. The Morgan fingerprint density at radius 1 is 1.04 bits per heavy atom. The summed E-state index contributed by atoms with van der Waals surface area (Å²) in [5.74, 6) is -0.0300. The third-order valence-electron chi connectivity index (χ3n) is 4.44. The van der Waals surface area contributed by atoms with Gasteiger partial charge in [-0.1, -0.05) is 61.5 Å². The number of anilines is 2. The van der Waals surface area contributed by atoms with Crippen LogP contribution in [0, 0.1) is 6.92 Å². The largest absolute Gasteiger partial charge is 0.399 e. The number of para-hydroxylation sites is 1. The molecule has 3 rings (SSSR count). The number of hydrogen-bond donors (Lipinski definition) is 2. The summed E-state index contributed by atoms with van der Waals surface area (Å²) in [6.07, 6.45) is 0.871. The van der Waals surface area contributed by atoms with E-state index in [1.807, 2.05) is 73.7 Å². The van der Waals surface area contributed by atoms with E-state index in [1.165, 1.54) is 11.8 Å². The standard InChI is InChI=1S/C23H24N2OS/c1-3-17-12-7-9-16(2)21(17)25-23(26)22(18-10-5-4-6-11-18)27-20-14-8-13-19(24)15-20/h4-15,22H,3,24H2,1-2H3,(H,25,26). The van der Waals surface area contributed by atoms with Crippen molar-refractivity contribution in [3.8, 4) is 0 Å². The fraction of sp³-hybridized carbons (Fsp3) is 0.174. The van der Waals surface area contributed by atoms with Crippen LogP contribution in [0.3, 0.4) is 0 Å². The number of thioether (sulfide) groups is 1. The van der Waals surface area contributed by atoms with Crippen molar-refractivity contribution in [2.24, 2.45) is 0 Å². The van der Waals surface area contributed by atoms with E-state index in [4.69, 9.17) is 5.73 Å². The highest BCUT2D eigenvalue weighted by Crippen LogP contribution is 2.37. The molecule has 1 atom stereocenters. The molecule has 0 aliphatic heterocycles. The van der Waals surface area contributed by atoms with Crippen molar-refractivity contribution in [3.63, 3.8) is 0 Å². The molecule has 27 heavy (non-hydrogen) atoms. The van der Waals surface area contributed by atoms with Crippen LogP contribution in [-0.2, 0) is 11.2 Å². The van der Waals surface area contributed by atoms with Gasteiger partial charge >= 0.3 is 0 Å². The topological polar surface area (TPSA) is 55.1 Å². The molecule has 0 aromatic heterocycles. The second-order valence-electron chi connectivity index (χ2n) is 6.43. The summed E-state index contributed by atoms with van der Waals surface area (Å²) in [5, 5.41) is 2.81. The van der Waals surface area contributed by atoms with Crippen LogP contribution in [0.15, 0.2) is 77.7 Å². The minimum Gasteiger partial charge on any atom is -0.399 e. The minimum absolute atomic E-state index is 0.0300. The Bertz CT molecular complexity index is 925. The zero-order valence-corrected chi connectivity index (χ0v) is 16.4. The maximum atomic E-state index is 13.3. The smallest absolute Gasteiger partial charge is 0.242 e. The fourth-order valence-electron chi connectivity index (χ4n) is 3.02. The molecule has 0 fully saturated rings. The first-order chi connectivity index (χ1) is 13.1. The summed E-state index contributed by atoms with van der Waals surface area (Å²) in [7, 11) is 0. The highest BCUT2D eigenvalue weighted by molar-refractivity contribution is 8.00. The molecule has 0 saturated heterocycles. The van der Waals surface area contributed by atoms with Crippen molar-refractivity contribution in [2.75, 3.05) is 11.1 Å². The molecular weight excluding hydrogens is 352 g/mol. The number of benzene rings is 3. The molecule has 3 nitrogen and oxygen atoms in total. The van der Waals surface area contributed by atoms with Crippen molar-refractivity contribution in [1.82, 2.24) is 0 Å². The van der Waals surface area contributed by atoms with E-state index in [-0.39, 0.29) is 11.2 Å². The van der Waals surface area contributed by atoms with E-state index >= 15 is 0 Å². The Morgan fingerprint density at radius 2 is 1.78 bits per heavy atom. The van der Waals surface area contributed by atoms with Crippen molar-refractivity contribution in [3.05, 3.63) is 89.5 Å². The van der Waals surface area contributed by atoms with E-state index in [9.17, 15) is 4.79 Å². The predicted molar refractivity (Wildman–Crippen MR) is 115 cm³/mol. The third-order valence-corrected chi connectivity index (χ3v) is 5.69. The zero-order chi connectivity index (χ0) is 19.2. The number of amides is 1. The fourth-order valence-corrected chi connectivity index (χ4v) is 4.11. The normalized spacial score (nSPS) is 11.8. The zero-order valence-electron chi connectivity index (χ0n) is 15.6. The van der Waals surface area contributed by atoms with E-state index in [1.54, 1.807) is 0 Å². The van der Waals surface area contributed by atoms with E-state index < -0.39 is 0 Å². The molecule has 4 heteroatoms. The molecule has 0 aliphatic carbocycles. The van der Waals surface area contributed by atoms with Crippen LogP contribution < -0.4 is 11.1 Å². The van der Waals surface area contributed by atoms with Gasteiger partial charge in [0.05, 0.1) is 0 Å². The lowest BCUT2D eigenvalue weighted by atomic mass is 10.1. The van der Waals surface area contributed by atoms with Crippen LogP contribution in [0.2, 0.25) is 0 Å². The monoisotopic (exact) mass is 376 g/mol. The number of aryl methyl sites for hydroxylation is 2. The van der Waals surface area contributed by atoms with E-state index in [0.29, 0.717) is 5.69 Å². The van der Waals surface area contributed by atoms with Crippen LogP contribution in [0.5, 0.6) is 0 Å². The molecule has 0 radical (unpaired) electrons. The molecule has 0 spiro atoms. The first-order valence-electron chi connectivity index (χ1n) is 9.05. The summed E-state index contributed by atoms with van der Waals surface area (Å²) in [6.45, 7) is 4.12. The van der Waals surface area contributed by atoms with E-state index in [0.717, 1.165) is 33.7 Å². The summed E-state index contributed by atoms with van der Waals surface area (Å²) in [5.41, 5.74) is 10.7. The summed E-state index contributed by atoms with van der Waals surface area (Å²) >= 11 is 1.51. The number of nitrogen functional groups attached to an aromatic ring is 1. The van der Waals surface area contributed by atoms with Gasteiger partial charge in [0, 0.05) is 16.3 Å². The average molecular weight is 377 g/mol. The molecule has 0 heterocycles. The van der Waals surface area contributed by atoms with Crippen LogP contribution in [0.4, 0.5) is 11.4 Å². The van der Waals surface area contributed by atoms with Crippen molar-refractivity contribution < 1.29 is 4.79 Å². The third kappa shape index (κ3) is 4.72. The van der Waals surface area contributed by atoms with Crippen LogP contribution in [0.25, 0.3) is 0 Å². The van der Waals surface area contributed by atoms with Gasteiger partial charge in [-0.3, -0.25) is 4.79 Å². The van der Waals surface area contributed by atoms with Crippen molar-refractivity contribution in [2.45, 2.75) is 30.4 Å². The Kier molecular flexibility index (Phi) is 6.20. The predicted octanol–water partition coefficient (Wildman–Crippen LogP) is 5.61. The molecule has 0 bridgehead atoms. The number of rotatable bonds is 6. The highest BCUT2D eigenvalue weighted by atomic mass is 32.2. The van der Waals surface area contributed by atoms with Gasteiger partial charge in [-0.2, -0.15) is 0 Å². The minimum atomic E-state index is -0.364. The molecule has 3 aromatic rings. The van der Waals surface area contributed by atoms with Crippen LogP contribution in [-0.4, -0.2) is 5.91 Å². The number of nitrogens with one attached hydrogen (secondary N) is 1. The number of nitrogens with two attached hydrogens (primary N) is 1. The Balaban J connectivity index is 1.92. The Hall–Kier alpha value is -2.72. The lowest BCUT2D eigenvalue weighted by molar-refractivity contribution is -0.115. The van der Waals surface area contributed by atoms with Gasteiger partial charge in [-0.25, -0.2) is 0 Å². The van der Waals surface area contributed by atoms with Crippen LogP contribution >= 0.6 is 11.8 Å².